The monoisotopic (exact) mass is 387 g/mol. The van der Waals surface area contributed by atoms with E-state index in [1.807, 2.05) is 20.7 Å². The molecule has 0 unspecified atom stereocenters. The van der Waals surface area contributed by atoms with E-state index in [2.05, 4.69) is 10.3 Å². The molecule has 7 nitrogen and oxygen atoms in total. The molecular weight excluding hydrogens is 354 g/mol. The minimum Gasteiger partial charge on any atom is -0.343 e. The lowest BCUT2D eigenvalue weighted by Crippen LogP contribution is -2.39. The molecule has 1 aromatic heterocycles. The normalized spacial score (nSPS) is 22.2. The van der Waals surface area contributed by atoms with Gasteiger partial charge in [-0.1, -0.05) is 24.5 Å². The SMILES string of the molecule is O=C1CCCN1CCC1CCN(C(=O)c2cn(CC3CCCCC3)nn2)CC1. The van der Waals surface area contributed by atoms with Crippen molar-refractivity contribution in [1.29, 1.82) is 0 Å². The average Bonchev–Trinajstić information content (AvgIpc) is 3.36. The van der Waals surface area contributed by atoms with E-state index in [4.69, 9.17) is 0 Å². The first kappa shape index (κ1) is 19.4. The van der Waals surface area contributed by atoms with Crippen LogP contribution in [0.3, 0.4) is 0 Å². The van der Waals surface area contributed by atoms with Gasteiger partial charge >= 0.3 is 0 Å². The Balaban J connectivity index is 1.22. The first-order chi connectivity index (χ1) is 13.7. The Labute approximate surface area is 167 Å². The zero-order valence-electron chi connectivity index (χ0n) is 16.9. The third kappa shape index (κ3) is 4.73. The fourth-order valence-electron chi connectivity index (χ4n) is 4.99. The number of nitrogens with zero attached hydrogens (tertiary/aromatic N) is 5. The Morgan fingerprint density at radius 3 is 2.50 bits per heavy atom. The largest absolute Gasteiger partial charge is 0.343 e. The van der Waals surface area contributed by atoms with Gasteiger partial charge in [0.05, 0.1) is 6.20 Å². The van der Waals surface area contributed by atoms with Gasteiger partial charge in [-0.2, -0.15) is 0 Å². The van der Waals surface area contributed by atoms with Crippen LogP contribution in [0.5, 0.6) is 0 Å². The maximum atomic E-state index is 12.8. The molecule has 3 aliphatic rings. The lowest BCUT2D eigenvalue weighted by molar-refractivity contribution is -0.127. The van der Waals surface area contributed by atoms with Gasteiger partial charge in [-0.3, -0.25) is 14.3 Å². The van der Waals surface area contributed by atoms with Gasteiger partial charge in [-0.05, 0) is 50.4 Å². The fourth-order valence-corrected chi connectivity index (χ4v) is 4.99. The Bertz CT molecular complexity index is 674. The molecule has 2 aliphatic heterocycles. The number of carbonyl (C=O) groups is 2. The van der Waals surface area contributed by atoms with E-state index >= 15 is 0 Å². The van der Waals surface area contributed by atoms with Crippen molar-refractivity contribution in [2.45, 2.75) is 70.8 Å². The molecule has 3 fully saturated rings. The van der Waals surface area contributed by atoms with Gasteiger partial charge in [0.15, 0.2) is 5.69 Å². The molecule has 3 heterocycles. The lowest BCUT2D eigenvalue weighted by atomic mass is 9.89. The number of piperidine rings is 1. The molecule has 0 spiro atoms. The number of hydrogen-bond donors (Lipinski definition) is 0. The van der Waals surface area contributed by atoms with E-state index in [1.165, 1.54) is 32.1 Å². The van der Waals surface area contributed by atoms with Crippen molar-refractivity contribution in [3.05, 3.63) is 11.9 Å². The number of amides is 2. The zero-order valence-corrected chi connectivity index (χ0v) is 16.9. The predicted octanol–water partition coefficient (Wildman–Crippen LogP) is 2.72. The maximum absolute atomic E-state index is 12.8. The van der Waals surface area contributed by atoms with Crippen molar-refractivity contribution in [3.8, 4) is 0 Å². The highest BCUT2D eigenvalue weighted by Gasteiger charge is 2.27. The molecule has 0 radical (unpaired) electrons. The third-order valence-corrected chi connectivity index (χ3v) is 6.81. The number of aromatic nitrogens is 3. The molecule has 1 aromatic rings. The highest BCUT2D eigenvalue weighted by Crippen LogP contribution is 2.25. The van der Waals surface area contributed by atoms with Crippen LogP contribution < -0.4 is 0 Å². The zero-order chi connectivity index (χ0) is 19.3. The van der Waals surface area contributed by atoms with Crippen LogP contribution in [0.25, 0.3) is 0 Å². The second kappa shape index (κ2) is 9.05. The summed E-state index contributed by atoms with van der Waals surface area (Å²) < 4.78 is 1.86. The minimum absolute atomic E-state index is 0.0167. The summed E-state index contributed by atoms with van der Waals surface area (Å²) in [6, 6.07) is 0. The molecule has 1 saturated carbocycles. The van der Waals surface area contributed by atoms with Crippen LogP contribution in [0.4, 0.5) is 0 Å². The summed E-state index contributed by atoms with van der Waals surface area (Å²) in [6.07, 6.45) is 13.2. The van der Waals surface area contributed by atoms with E-state index in [0.29, 0.717) is 29.9 Å². The second-order valence-corrected chi connectivity index (χ2v) is 8.84. The van der Waals surface area contributed by atoms with Gasteiger partial charge < -0.3 is 9.80 Å². The lowest BCUT2D eigenvalue weighted by Gasteiger charge is -2.32. The molecule has 0 bridgehead atoms. The van der Waals surface area contributed by atoms with Crippen LogP contribution in [0.2, 0.25) is 0 Å². The summed E-state index contributed by atoms with van der Waals surface area (Å²) in [5, 5.41) is 8.35. The van der Waals surface area contributed by atoms with Crippen LogP contribution in [0.15, 0.2) is 6.20 Å². The Morgan fingerprint density at radius 2 is 1.79 bits per heavy atom. The van der Waals surface area contributed by atoms with Crippen LogP contribution >= 0.6 is 0 Å². The summed E-state index contributed by atoms with van der Waals surface area (Å²) in [5.41, 5.74) is 0.483. The highest BCUT2D eigenvalue weighted by molar-refractivity contribution is 5.92. The van der Waals surface area contributed by atoms with Gasteiger partial charge in [-0.25, -0.2) is 0 Å². The summed E-state index contributed by atoms with van der Waals surface area (Å²) in [4.78, 5) is 28.4. The summed E-state index contributed by atoms with van der Waals surface area (Å²) in [7, 11) is 0. The molecule has 0 atom stereocenters. The Kier molecular flexibility index (Phi) is 6.27. The van der Waals surface area contributed by atoms with Crippen LogP contribution in [0, 0.1) is 11.8 Å². The molecule has 2 amide bonds. The molecule has 1 aliphatic carbocycles. The fraction of sp³-hybridized carbons (Fsp3) is 0.810. The van der Waals surface area contributed by atoms with E-state index in [1.54, 1.807) is 0 Å². The molecule has 154 valence electrons. The van der Waals surface area contributed by atoms with Crippen molar-refractivity contribution in [3.63, 3.8) is 0 Å². The summed E-state index contributed by atoms with van der Waals surface area (Å²) in [6.45, 7) is 4.26. The smallest absolute Gasteiger partial charge is 0.276 e. The first-order valence-electron chi connectivity index (χ1n) is 11.2. The van der Waals surface area contributed by atoms with Gasteiger partial charge in [0.2, 0.25) is 5.91 Å². The van der Waals surface area contributed by atoms with Crippen molar-refractivity contribution < 1.29 is 9.59 Å². The number of likely N-dealkylation sites (tertiary alicyclic amines) is 2. The van der Waals surface area contributed by atoms with Gasteiger partial charge in [0.1, 0.15) is 0 Å². The third-order valence-electron chi connectivity index (χ3n) is 6.81. The van der Waals surface area contributed by atoms with E-state index in [9.17, 15) is 9.59 Å². The molecular formula is C21H33N5O2. The molecule has 28 heavy (non-hydrogen) atoms. The molecule has 7 heteroatoms. The topological polar surface area (TPSA) is 71.3 Å². The number of rotatable bonds is 6. The Morgan fingerprint density at radius 1 is 1.00 bits per heavy atom. The second-order valence-electron chi connectivity index (χ2n) is 8.84. The first-order valence-corrected chi connectivity index (χ1v) is 11.2. The highest BCUT2D eigenvalue weighted by atomic mass is 16.2. The molecule has 2 saturated heterocycles. The summed E-state index contributed by atoms with van der Waals surface area (Å²) in [5.74, 6) is 1.61. The van der Waals surface area contributed by atoms with Crippen molar-refractivity contribution in [2.75, 3.05) is 26.2 Å². The molecule has 0 N–H and O–H groups in total. The van der Waals surface area contributed by atoms with E-state index < -0.39 is 0 Å². The van der Waals surface area contributed by atoms with Crippen LogP contribution in [0.1, 0.15) is 74.7 Å². The van der Waals surface area contributed by atoms with Gasteiger partial charge in [0.25, 0.3) is 5.91 Å². The van der Waals surface area contributed by atoms with E-state index in [-0.39, 0.29) is 5.91 Å². The van der Waals surface area contributed by atoms with E-state index in [0.717, 1.165) is 58.4 Å². The quantitative estimate of drug-likeness (QED) is 0.752. The minimum atomic E-state index is 0.0167. The summed E-state index contributed by atoms with van der Waals surface area (Å²) >= 11 is 0. The molecule has 4 rings (SSSR count). The van der Waals surface area contributed by atoms with Crippen LogP contribution in [-0.2, 0) is 11.3 Å². The van der Waals surface area contributed by atoms with Crippen molar-refractivity contribution in [1.82, 2.24) is 24.8 Å². The number of hydrogen-bond acceptors (Lipinski definition) is 4. The Hall–Kier alpha value is -1.92. The van der Waals surface area contributed by atoms with Gasteiger partial charge in [-0.15, -0.1) is 5.10 Å². The maximum Gasteiger partial charge on any atom is 0.276 e. The molecule has 0 aromatic carbocycles. The van der Waals surface area contributed by atoms with Crippen molar-refractivity contribution in [2.24, 2.45) is 11.8 Å². The predicted molar refractivity (Wildman–Crippen MR) is 106 cm³/mol. The van der Waals surface area contributed by atoms with Crippen LogP contribution in [-0.4, -0.2) is 62.8 Å². The average molecular weight is 388 g/mol. The number of carbonyl (C=O) groups excluding carboxylic acids is 2. The standard InChI is InChI=1S/C21H33N5O2/c27-20-7-4-11-24(20)12-8-17-9-13-25(14-10-17)21(28)19-16-26(23-22-19)15-18-5-2-1-3-6-18/h16-18H,1-15H2. The van der Waals surface area contributed by atoms with Gasteiger partial charge in [0, 0.05) is 39.1 Å². The van der Waals surface area contributed by atoms with Crippen molar-refractivity contribution >= 4 is 11.8 Å².